The fourth-order valence-electron chi connectivity index (χ4n) is 3.24. The molecule has 146 valence electrons. The molecule has 0 aromatic heterocycles. The molecule has 1 aromatic carbocycles. The van der Waals surface area contributed by atoms with E-state index in [1.165, 1.54) is 0 Å². The minimum atomic E-state index is -0.740. The summed E-state index contributed by atoms with van der Waals surface area (Å²) in [7, 11) is 0.862. The topological polar surface area (TPSA) is 83.0 Å². The van der Waals surface area contributed by atoms with Crippen LogP contribution in [0.1, 0.15) is 45.1 Å². The lowest BCUT2D eigenvalue weighted by molar-refractivity contribution is 0.410. The zero-order valence-electron chi connectivity index (χ0n) is 16.0. The van der Waals surface area contributed by atoms with Crippen molar-refractivity contribution in [1.29, 1.82) is 0 Å². The Bertz CT molecular complexity index is 636. The molecule has 3 N–H and O–H groups in total. The van der Waals surface area contributed by atoms with E-state index >= 15 is 0 Å². The van der Waals surface area contributed by atoms with Crippen molar-refractivity contribution in [1.82, 2.24) is 10.6 Å². The summed E-state index contributed by atoms with van der Waals surface area (Å²) in [6.07, 6.45) is 4.11. The number of nitrogens with zero attached hydrogens (tertiary/aromatic N) is 1. The smallest absolute Gasteiger partial charge is 0.191 e. The number of phenolic OH excluding ortho intramolecular Hbond substituents is 1. The molecule has 6 nitrogen and oxygen atoms in total. The number of methoxy groups -OCH3 is 1. The molecule has 0 saturated heterocycles. The Balaban J connectivity index is 2.03. The van der Waals surface area contributed by atoms with Crippen molar-refractivity contribution in [2.24, 2.45) is 4.99 Å². The predicted molar refractivity (Wildman–Crippen MR) is 107 cm³/mol. The van der Waals surface area contributed by atoms with Crippen LogP contribution >= 0.6 is 0 Å². The van der Waals surface area contributed by atoms with Gasteiger partial charge in [-0.05, 0) is 44.4 Å². The van der Waals surface area contributed by atoms with Crippen LogP contribution in [0.2, 0.25) is 0 Å². The Labute approximate surface area is 158 Å². The van der Waals surface area contributed by atoms with Crippen LogP contribution in [0.4, 0.5) is 0 Å². The van der Waals surface area contributed by atoms with Crippen molar-refractivity contribution in [2.75, 3.05) is 19.4 Å². The summed E-state index contributed by atoms with van der Waals surface area (Å²) in [5.41, 5.74) is 0.718. The van der Waals surface area contributed by atoms with E-state index in [1.807, 2.05) is 13.8 Å². The Kier molecular flexibility index (Phi) is 8.22. The number of aromatic hydroxyl groups is 1. The average molecular weight is 382 g/mol. The summed E-state index contributed by atoms with van der Waals surface area (Å²) in [6.45, 7) is 5.12. The summed E-state index contributed by atoms with van der Waals surface area (Å²) in [5, 5.41) is 17.0. The average Bonchev–Trinajstić information content (AvgIpc) is 2.67. The van der Waals surface area contributed by atoms with E-state index in [0.29, 0.717) is 12.3 Å². The first-order chi connectivity index (χ1) is 12.6. The van der Waals surface area contributed by atoms with Crippen molar-refractivity contribution in [3.8, 4) is 11.5 Å². The number of guanidine groups is 1. The SMILES string of the molecule is CCNC(=NCc1cc(OC)ccc1O)NC1CCCC(S(=O)CC)C1. The second-order valence-corrected chi connectivity index (χ2v) is 8.49. The third kappa shape index (κ3) is 5.90. The highest BCUT2D eigenvalue weighted by atomic mass is 32.2. The van der Waals surface area contributed by atoms with Gasteiger partial charge in [-0.15, -0.1) is 0 Å². The number of rotatable bonds is 7. The molecule has 0 amide bonds. The van der Waals surface area contributed by atoms with Crippen LogP contribution in [-0.2, 0) is 17.3 Å². The molecule has 3 unspecified atom stereocenters. The molecule has 1 aliphatic rings. The van der Waals surface area contributed by atoms with Gasteiger partial charge in [0.25, 0.3) is 0 Å². The number of aliphatic imine (C=N–C) groups is 1. The van der Waals surface area contributed by atoms with Crippen LogP contribution < -0.4 is 15.4 Å². The lowest BCUT2D eigenvalue weighted by Gasteiger charge is -2.30. The Morgan fingerprint density at radius 3 is 2.88 bits per heavy atom. The van der Waals surface area contributed by atoms with E-state index < -0.39 is 10.8 Å². The van der Waals surface area contributed by atoms with Gasteiger partial charge in [-0.2, -0.15) is 0 Å². The second-order valence-electron chi connectivity index (χ2n) is 6.49. The van der Waals surface area contributed by atoms with Gasteiger partial charge < -0.3 is 20.5 Å². The highest BCUT2D eigenvalue weighted by Gasteiger charge is 2.26. The molecule has 3 atom stereocenters. The van der Waals surface area contributed by atoms with E-state index in [2.05, 4.69) is 15.6 Å². The molecule has 2 rings (SSSR count). The minimum Gasteiger partial charge on any atom is -0.508 e. The van der Waals surface area contributed by atoms with Crippen molar-refractivity contribution in [2.45, 2.75) is 57.4 Å². The molecular formula is C19H31N3O3S. The zero-order valence-corrected chi connectivity index (χ0v) is 16.8. The minimum absolute atomic E-state index is 0.210. The van der Waals surface area contributed by atoms with Gasteiger partial charge in [0, 0.05) is 40.0 Å². The second kappa shape index (κ2) is 10.4. The van der Waals surface area contributed by atoms with E-state index in [9.17, 15) is 9.32 Å². The third-order valence-electron chi connectivity index (χ3n) is 4.66. The first-order valence-electron chi connectivity index (χ1n) is 9.35. The lowest BCUT2D eigenvalue weighted by atomic mass is 9.95. The highest BCUT2D eigenvalue weighted by Crippen LogP contribution is 2.24. The Hall–Kier alpha value is -1.76. The molecule has 1 aliphatic carbocycles. The van der Waals surface area contributed by atoms with Gasteiger partial charge in [-0.25, -0.2) is 4.99 Å². The predicted octanol–water partition coefficient (Wildman–Crippen LogP) is 2.54. The van der Waals surface area contributed by atoms with E-state index in [4.69, 9.17) is 4.74 Å². The van der Waals surface area contributed by atoms with Gasteiger partial charge in [-0.1, -0.05) is 13.3 Å². The number of nitrogens with one attached hydrogen (secondary N) is 2. The number of hydrogen-bond donors (Lipinski definition) is 3. The Morgan fingerprint density at radius 1 is 1.38 bits per heavy atom. The molecule has 0 spiro atoms. The molecule has 0 heterocycles. The molecule has 7 heteroatoms. The molecule has 0 aliphatic heterocycles. The number of ether oxygens (including phenoxy) is 1. The van der Waals surface area contributed by atoms with Crippen LogP contribution in [0.15, 0.2) is 23.2 Å². The van der Waals surface area contributed by atoms with Crippen LogP contribution in [0, 0.1) is 0 Å². The summed E-state index contributed by atoms with van der Waals surface area (Å²) >= 11 is 0. The van der Waals surface area contributed by atoms with Crippen LogP contribution in [0.3, 0.4) is 0 Å². The fraction of sp³-hybridized carbons (Fsp3) is 0.632. The van der Waals surface area contributed by atoms with E-state index in [0.717, 1.165) is 49.5 Å². The fourth-order valence-corrected chi connectivity index (χ4v) is 4.59. The largest absolute Gasteiger partial charge is 0.508 e. The standard InChI is InChI=1S/C19H31N3O3S/c1-4-20-19(21-13-14-11-16(25-3)9-10-18(14)23)22-15-7-6-8-17(12-15)26(24)5-2/h9-11,15,17,23H,4-8,12-13H2,1-3H3,(H2,20,21,22). The molecule has 26 heavy (non-hydrogen) atoms. The van der Waals surface area contributed by atoms with Crippen LogP contribution in [-0.4, -0.2) is 46.0 Å². The van der Waals surface area contributed by atoms with Crippen LogP contribution in [0.5, 0.6) is 11.5 Å². The monoisotopic (exact) mass is 381 g/mol. The number of hydrogen-bond acceptors (Lipinski definition) is 4. The number of phenols is 1. The number of benzene rings is 1. The quantitative estimate of drug-likeness (QED) is 0.499. The first-order valence-corrected chi connectivity index (χ1v) is 10.7. The molecule has 0 bridgehead atoms. The molecular weight excluding hydrogens is 350 g/mol. The normalized spacial score (nSPS) is 21.9. The van der Waals surface area contributed by atoms with Crippen molar-refractivity contribution >= 4 is 16.8 Å². The van der Waals surface area contributed by atoms with Crippen LogP contribution in [0.25, 0.3) is 0 Å². The summed E-state index contributed by atoms with van der Waals surface area (Å²) < 4.78 is 17.3. The molecule has 1 saturated carbocycles. The summed E-state index contributed by atoms with van der Waals surface area (Å²) in [4.78, 5) is 4.61. The Morgan fingerprint density at radius 2 is 2.19 bits per heavy atom. The molecule has 1 fully saturated rings. The van der Waals surface area contributed by atoms with Crippen molar-refractivity contribution in [3.05, 3.63) is 23.8 Å². The van der Waals surface area contributed by atoms with Gasteiger partial charge in [-0.3, -0.25) is 4.21 Å². The van der Waals surface area contributed by atoms with Gasteiger partial charge in [0.05, 0.1) is 13.7 Å². The van der Waals surface area contributed by atoms with E-state index in [-0.39, 0.29) is 17.0 Å². The van der Waals surface area contributed by atoms with Gasteiger partial charge in [0.15, 0.2) is 5.96 Å². The maximum atomic E-state index is 12.1. The van der Waals surface area contributed by atoms with Crippen molar-refractivity contribution in [3.63, 3.8) is 0 Å². The van der Waals surface area contributed by atoms with Gasteiger partial charge >= 0.3 is 0 Å². The zero-order chi connectivity index (χ0) is 18.9. The maximum Gasteiger partial charge on any atom is 0.191 e. The maximum absolute atomic E-state index is 12.1. The molecule has 1 aromatic rings. The van der Waals surface area contributed by atoms with Crippen molar-refractivity contribution < 1.29 is 14.1 Å². The lowest BCUT2D eigenvalue weighted by Crippen LogP contribution is -2.46. The highest BCUT2D eigenvalue weighted by molar-refractivity contribution is 7.85. The first kappa shape index (κ1) is 20.6. The van der Waals surface area contributed by atoms with E-state index in [1.54, 1.807) is 25.3 Å². The van der Waals surface area contributed by atoms with Gasteiger partial charge in [0.2, 0.25) is 0 Å². The third-order valence-corrected chi connectivity index (χ3v) is 6.40. The van der Waals surface area contributed by atoms with Gasteiger partial charge in [0.1, 0.15) is 11.5 Å². The molecule has 0 radical (unpaired) electrons. The summed E-state index contributed by atoms with van der Waals surface area (Å²) in [6, 6.07) is 5.42. The summed E-state index contributed by atoms with van der Waals surface area (Å²) in [5.74, 6) is 2.35.